The highest BCUT2D eigenvalue weighted by Crippen LogP contribution is 2.27. The fourth-order valence-electron chi connectivity index (χ4n) is 4.57. The molecule has 1 aromatic heterocycles. The molecule has 1 aliphatic carbocycles. The van der Waals surface area contributed by atoms with Gasteiger partial charge in [-0.1, -0.05) is 31.4 Å². The summed E-state index contributed by atoms with van der Waals surface area (Å²) in [6, 6.07) is 7.58. The summed E-state index contributed by atoms with van der Waals surface area (Å²) in [5.74, 6) is 1.65. The molecule has 186 valence electrons. The van der Waals surface area contributed by atoms with Crippen molar-refractivity contribution in [2.24, 2.45) is 0 Å². The Morgan fingerprint density at radius 1 is 1.09 bits per heavy atom. The summed E-state index contributed by atoms with van der Waals surface area (Å²) in [5.41, 5.74) is 6.65. The lowest BCUT2D eigenvalue weighted by atomic mass is 9.96. The fraction of sp³-hybridized carbons (Fsp3) is 0.591. The van der Waals surface area contributed by atoms with Crippen LogP contribution < -0.4 is 15.8 Å². The zero-order chi connectivity index (χ0) is 24.1. The van der Waals surface area contributed by atoms with E-state index < -0.39 is 10.2 Å². The molecule has 3 N–H and O–H groups in total. The number of nitrogens with one attached hydrogen (secondary N) is 1. The third-order valence-corrected chi connectivity index (χ3v) is 8.57. The van der Waals surface area contributed by atoms with Crippen LogP contribution in [0.25, 0.3) is 0 Å². The van der Waals surface area contributed by atoms with E-state index in [0.29, 0.717) is 50.2 Å². The second kappa shape index (κ2) is 10.8. The van der Waals surface area contributed by atoms with Crippen molar-refractivity contribution in [2.45, 2.75) is 44.7 Å². The summed E-state index contributed by atoms with van der Waals surface area (Å²) in [7, 11) is -0.134. The van der Waals surface area contributed by atoms with E-state index in [1.165, 1.54) is 6.42 Å². The monoisotopic (exact) mass is 490 g/mol. The first kappa shape index (κ1) is 24.6. The molecule has 1 saturated carbocycles. The number of nitrogen functional groups attached to an aromatic ring is 1. The Morgan fingerprint density at radius 3 is 2.50 bits per heavy atom. The molecule has 0 atom stereocenters. The summed E-state index contributed by atoms with van der Waals surface area (Å²) in [5, 5.41) is 3.13. The van der Waals surface area contributed by atoms with Gasteiger partial charge in [0.25, 0.3) is 10.2 Å². The van der Waals surface area contributed by atoms with Crippen molar-refractivity contribution in [1.29, 1.82) is 0 Å². The number of piperazine rings is 1. The first-order valence-electron chi connectivity index (χ1n) is 11.7. The first-order valence-corrected chi connectivity index (χ1v) is 13.1. The molecule has 0 unspecified atom stereocenters. The van der Waals surface area contributed by atoms with Crippen LogP contribution in [0.4, 0.5) is 17.6 Å². The molecule has 1 aliphatic heterocycles. The Kier molecular flexibility index (Phi) is 7.81. The number of aromatic nitrogens is 3. The minimum Gasteiger partial charge on any atom is -0.495 e. The van der Waals surface area contributed by atoms with E-state index in [9.17, 15) is 8.42 Å². The van der Waals surface area contributed by atoms with Crippen LogP contribution in [0.5, 0.6) is 5.75 Å². The fourth-order valence-corrected chi connectivity index (χ4v) is 6.14. The van der Waals surface area contributed by atoms with Crippen molar-refractivity contribution in [3.8, 4) is 5.75 Å². The second-order valence-corrected chi connectivity index (χ2v) is 10.7. The predicted octanol–water partition coefficient (Wildman–Crippen LogP) is 1.83. The quantitative estimate of drug-likeness (QED) is 0.569. The van der Waals surface area contributed by atoms with Crippen LogP contribution in [-0.4, -0.2) is 83.3 Å². The molecule has 0 spiro atoms. The summed E-state index contributed by atoms with van der Waals surface area (Å²) in [4.78, 5) is 15.1. The number of ether oxygens (including phenoxy) is 1. The zero-order valence-electron chi connectivity index (χ0n) is 19.9. The van der Waals surface area contributed by atoms with Crippen LogP contribution in [-0.2, 0) is 16.8 Å². The van der Waals surface area contributed by atoms with E-state index in [2.05, 4.69) is 25.2 Å². The molecule has 0 amide bonds. The topological polar surface area (TPSA) is 130 Å². The van der Waals surface area contributed by atoms with Gasteiger partial charge in [-0.25, -0.2) is 0 Å². The lowest BCUT2D eigenvalue weighted by Gasteiger charge is -2.38. The highest BCUT2D eigenvalue weighted by molar-refractivity contribution is 7.86. The normalized spacial score (nSPS) is 18.8. The average Bonchev–Trinajstić information content (AvgIpc) is 2.84. The number of hydrogen-bond acceptors (Lipinski definition) is 9. The highest BCUT2D eigenvalue weighted by Gasteiger charge is 2.34. The van der Waals surface area contributed by atoms with Crippen molar-refractivity contribution in [3.05, 3.63) is 30.1 Å². The van der Waals surface area contributed by atoms with E-state index >= 15 is 0 Å². The third-order valence-electron chi connectivity index (χ3n) is 6.53. The van der Waals surface area contributed by atoms with Gasteiger partial charge in [0.05, 0.1) is 19.3 Å². The van der Waals surface area contributed by atoms with E-state index in [-0.39, 0.29) is 12.0 Å². The largest absolute Gasteiger partial charge is 0.495 e. The standard InChI is InChI=1S/C22H34N8O3S/c1-28(17-8-4-3-5-9-17)34(31,32)30-14-12-29(13-15-30)16-20-25-21(23)27-22(26-20)24-18-10-6-7-11-19(18)33-2/h6-7,10-11,17H,3-5,8-9,12-16H2,1-2H3,(H3,23,24,25,26,27). The molecule has 4 rings (SSSR count). The Hall–Kier alpha value is -2.54. The predicted molar refractivity (Wildman–Crippen MR) is 131 cm³/mol. The number of anilines is 3. The van der Waals surface area contributed by atoms with Crippen LogP contribution in [0.3, 0.4) is 0 Å². The molecule has 34 heavy (non-hydrogen) atoms. The van der Waals surface area contributed by atoms with Gasteiger partial charge in [0, 0.05) is 39.3 Å². The molecule has 12 heteroatoms. The number of hydrogen-bond donors (Lipinski definition) is 2. The number of nitrogens with two attached hydrogens (primary N) is 1. The van der Waals surface area contributed by atoms with Crippen LogP contribution in [0, 0.1) is 0 Å². The van der Waals surface area contributed by atoms with Crippen LogP contribution >= 0.6 is 0 Å². The zero-order valence-corrected chi connectivity index (χ0v) is 20.7. The van der Waals surface area contributed by atoms with Gasteiger partial charge in [0.2, 0.25) is 11.9 Å². The van der Waals surface area contributed by atoms with Crippen molar-refractivity contribution in [2.75, 3.05) is 51.4 Å². The molecule has 1 aromatic carbocycles. The van der Waals surface area contributed by atoms with Crippen LogP contribution in [0.2, 0.25) is 0 Å². The van der Waals surface area contributed by atoms with Gasteiger partial charge >= 0.3 is 0 Å². The van der Waals surface area contributed by atoms with E-state index in [0.717, 1.165) is 31.4 Å². The molecule has 2 aliphatic rings. The summed E-state index contributed by atoms with van der Waals surface area (Å²) in [6.45, 7) is 2.52. The van der Waals surface area contributed by atoms with E-state index in [1.807, 2.05) is 24.3 Å². The van der Waals surface area contributed by atoms with Crippen molar-refractivity contribution in [1.82, 2.24) is 28.5 Å². The average molecular weight is 491 g/mol. The van der Waals surface area contributed by atoms with E-state index in [4.69, 9.17) is 10.5 Å². The van der Waals surface area contributed by atoms with E-state index in [1.54, 1.807) is 22.8 Å². The van der Waals surface area contributed by atoms with Gasteiger partial charge in [-0.2, -0.15) is 32.0 Å². The first-order chi connectivity index (χ1) is 16.4. The van der Waals surface area contributed by atoms with Gasteiger partial charge in [0.1, 0.15) is 11.6 Å². The number of para-hydroxylation sites is 2. The second-order valence-electron chi connectivity index (χ2n) is 8.75. The highest BCUT2D eigenvalue weighted by atomic mass is 32.2. The molecule has 2 fully saturated rings. The summed E-state index contributed by atoms with van der Waals surface area (Å²) in [6.07, 6.45) is 5.28. The molecule has 2 heterocycles. The van der Waals surface area contributed by atoms with Crippen molar-refractivity contribution < 1.29 is 13.2 Å². The SMILES string of the molecule is COc1ccccc1Nc1nc(N)nc(CN2CCN(S(=O)(=O)N(C)C3CCCCC3)CC2)n1. The maximum Gasteiger partial charge on any atom is 0.282 e. The molecule has 0 radical (unpaired) electrons. The third kappa shape index (κ3) is 5.74. The molecular weight excluding hydrogens is 456 g/mol. The smallest absolute Gasteiger partial charge is 0.282 e. The molecule has 11 nitrogen and oxygen atoms in total. The van der Waals surface area contributed by atoms with Gasteiger partial charge in [-0.3, -0.25) is 4.90 Å². The molecule has 2 aromatic rings. The van der Waals surface area contributed by atoms with Crippen molar-refractivity contribution in [3.63, 3.8) is 0 Å². The Morgan fingerprint density at radius 2 is 1.79 bits per heavy atom. The summed E-state index contributed by atoms with van der Waals surface area (Å²) >= 11 is 0. The Balaban J connectivity index is 1.36. The lowest BCUT2D eigenvalue weighted by molar-refractivity contribution is 0.167. The lowest BCUT2D eigenvalue weighted by Crippen LogP contribution is -2.54. The number of nitrogens with zero attached hydrogens (tertiary/aromatic N) is 6. The molecule has 1 saturated heterocycles. The molecular formula is C22H34N8O3S. The van der Waals surface area contributed by atoms with Crippen molar-refractivity contribution >= 4 is 27.8 Å². The Labute approximate surface area is 201 Å². The maximum atomic E-state index is 13.1. The Bertz CT molecular complexity index is 1070. The maximum absolute atomic E-state index is 13.1. The van der Waals surface area contributed by atoms with Crippen LogP contribution in [0.15, 0.2) is 24.3 Å². The van der Waals surface area contributed by atoms with Gasteiger partial charge in [-0.05, 0) is 25.0 Å². The minimum absolute atomic E-state index is 0.110. The van der Waals surface area contributed by atoms with Gasteiger partial charge < -0.3 is 15.8 Å². The minimum atomic E-state index is -3.46. The molecule has 0 bridgehead atoms. The number of rotatable bonds is 8. The number of benzene rings is 1. The summed E-state index contributed by atoms with van der Waals surface area (Å²) < 4.78 is 34.8. The number of methoxy groups -OCH3 is 1. The van der Waals surface area contributed by atoms with Gasteiger partial charge in [0.15, 0.2) is 0 Å². The van der Waals surface area contributed by atoms with Gasteiger partial charge in [-0.15, -0.1) is 0 Å². The van der Waals surface area contributed by atoms with Crippen LogP contribution in [0.1, 0.15) is 37.9 Å².